The molecule has 0 radical (unpaired) electrons. The normalized spacial score (nSPS) is 26.7. The van der Waals surface area contributed by atoms with Gasteiger partial charge in [0.2, 0.25) is 6.79 Å². The van der Waals surface area contributed by atoms with Crippen LogP contribution in [0.15, 0.2) is 24.3 Å². The topological polar surface area (TPSA) is 115 Å². The van der Waals surface area contributed by atoms with Gasteiger partial charge in [-0.05, 0) is 17.7 Å². The summed E-state index contributed by atoms with van der Waals surface area (Å²) in [5.41, 5.74) is 1.15. The predicted octanol–water partition coefficient (Wildman–Crippen LogP) is 0.593. The first-order chi connectivity index (χ1) is 11.5. The Hall–Kier alpha value is -1.14. The lowest BCUT2D eigenvalue weighted by molar-refractivity contribution is -0.196. The minimum Gasteiger partial charge on any atom is -0.457 e. The first-order valence-electron chi connectivity index (χ1n) is 7.24. The Kier molecular flexibility index (Phi) is 7.49. The number of aliphatic hydroxyl groups excluding tert-OH is 3. The first kappa shape index (κ1) is 19.2. The maximum atomic E-state index is 11.5. The van der Waals surface area contributed by atoms with E-state index in [0.717, 1.165) is 9.99 Å². The lowest BCUT2D eigenvalue weighted by Crippen LogP contribution is -2.54. The predicted molar refractivity (Wildman–Crippen MR) is 89.9 cm³/mol. The van der Waals surface area contributed by atoms with Crippen LogP contribution in [0.4, 0.5) is 4.79 Å². The molecule has 24 heavy (non-hydrogen) atoms. The van der Waals surface area contributed by atoms with Crippen molar-refractivity contribution in [1.82, 2.24) is 0 Å². The van der Waals surface area contributed by atoms with E-state index in [2.05, 4.69) is 22.6 Å². The van der Waals surface area contributed by atoms with E-state index >= 15 is 0 Å². The van der Waals surface area contributed by atoms with Crippen molar-refractivity contribution in [1.29, 1.82) is 0 Å². The van der Waals surface area contributed by atoms with Gasteiger partial charge >= 0.3 is 6.16 Å². The highest BCUT2D eigenvalue weighted by atomic mass is 127. The molecule has 1 aliphatic heterocycles. The lowest BCUT2D eigenvalue weighted by Gasteiger charge is -2.34. The highest BCUT2D eigenvalue weighted by Gasteiger charge is 2.38. The third-order valence-electron chi connectivity index (χ3n) is 3.45. The fourth-order valence-corrected chi connectivity index (χ4v) is 2.53. The van der Waals surface area contributed by atoms with Crippen molar-refractivity contribution in [2.24, 2.45) is 0 Å². The van der Waals surface area contributed by atoms with Gasteiger partial charge in [-0.2, -0.15) is 0 Å². The van der Waals surface area contributed by atoms with Crippen LogP contribution in [0, 0.1) is 0 Å². The average Bonchev–Trinajstić information content (AvgIpc) is 2.59. The summed E-state index contributed by atoms with van der Waals surface area (Å²) in [6, 6.07) is 7.34. The number of rotatable bonds is 6. The highest BCUT2D eigenvalue weighted by Crippen LogP contribution is 2.16. The molecule has 1 fully saturated rings. The van der Waals surface area contributed by atoms with Crippen LogP contribution in [0.25, 0.3) is 0 Å². The number of alkyl halides is 1. The Labute approximate surface area is 152 Å². The van der Waals surface area contributed by atoms with Crippen LogP contribution >= 0.6 is 22.6 Å². The molecule has 0 unspecified atom stereocenters. The van der Waals surface area contributed by atoms with Crippen molar-refractivity contribution in [2.45, 2.75) is 28.8 Å². The van der Waals surface area contributed by atoms with Gasteiger partial charge in [0.25, 0.3) is 0 Å². The van der Waals surface area contributed by atoms with Gasteiger partial charge < -0.3 is 34.3 Å². The molecule has 8 nitrogen and oxygen atoms in total. The number of hydrogen-bond acceptors (Lipinski definition) is 8. The Balaban J connectivity index is 1.66. The Morgan fingerprint density at radius 3 is 2.54 bits per heavy atom. The van der Waals surface area contributed by atoms with Gasteiger partial charge in [0.05, 0.1) is 6.61 Å². The minimum absolute atomic E-state index is 0.155. The molecule has 0 amide bonds. The molecule has 0 bridgehead atoms. The summed E-state index contributed by atoms with van der Waals surface area (Å²) in [5.74, 6) is 0.555. The van der Waals surface area contributed by atoms with Gasteiger partial charge in [-0.25, -0.2) is 4.79 Å². The van der Waals surface area contributed by atoms with Crippen LogP contribution in [-0.2, 0) is 18.6 Å². The first-order valence-corrected chi connectivity index (χ1v) is 8.77. The molecule has 0 aliphatic carbocycles. The van der Waals surface area contributed by atoms with Crippen LogP contribution in [0.3, 0.4) is 0 Å². The van der Waals surface area contributed by atoms with Crippen LogP contribution in [0.2, 0.25) is 0 Å². The largest absolute Gasteiger partial charge is 0.511 e. The quantitative estimate of drug-likeness (QED) is 0.248. The van der Waals surface area contributed by atoms with E-state index in [1.807, 2.05) is 12.1 Å². The van der Waals surface area contributed by atoms with Gasteiger partial charge in [0.15, 0.2) is 0 Å². The van der Waals surface area contributed by atoms with E-state index in [1.165, 1.54) is 0 Å². The number of carbonyl (C=O) groups is 1. The molecular formula is C15H19IO8. The molecule has 9 heteroatoms. The zero-order valence-corrected chi connectivity index (χ0v) is 14.9. The molecule has 2 rings (SSSR count). The second kappa shape index (κ2) is 9.37. The van der Waals surface area contributed by atoms with E-state index in [4.69, 9.17) is 18.9 Å². The molecule has 134 valence electrons. The van der Waals surface area contributed by atoms with Crippen LogP contribution in [0.5, 0.6) is 5.75 Å². The third-order valence-corrected chi connectivity index (χ3v) is 4.33. The molecule has 1 heterocycles. The summed E-state index contributed by atoms with van der Waals surface area (Å²) in [7, 11) is 0. The van der Waals surface area contributed by atoms with E-state index < -0.39 is 30.6 Å². The van der Waals surface area contributed by atoms with Gasteiger partial charge in [-0.1, -0.05) is 34.7 Å². The second-order valence-corrected chi connectivity index (χ2v) is 5.93. The third kappa shape index (κ3) is 5.45. The van der Waals surface area contributed by atoms with Crippen molar-refractivity contribution in [3.63, 3.8) is 0 Å². The molecule has 1 saturated heterocycles. The van der Waals surface area contributed by atoms with Gasteiger partial charge in [0, 0.05) is 4.43 Å². The Morgan fingerprint density at radius 2 is 1.88 bits per heavy atom. The summed E-state index contributed by atoms with van der Waals surface area (Å²) >= 11 is 2.25. The molecular weight excluding hydrogens is 435 g/mol. The number of carbonyl (C=O) groups excluding carboxylic acids is 1. The Bertz CT molecular complexity index is 523. The molecule has 0 saturated carbocycles. The minimum atomic E-state index is -1.35. The maximum absolute atomic E-state index is 11.5. The number of benzene rings is 1. The summed E-state index contributed by atoms with van der Waals surface area (Å²) in [6.45, 7) is -0.788. The van der Waals surface area contributed by atoms with Crippen molar-refractivity contribution in [2.75, 3.05) is 20.0 Å². The summed E-state index contributed by atoms with van der Waals surface area (Å²) in [6.07, 6.45) is -5.80. The van der Waals surface area contributed by atoms with Crippen molar-refractivity contribution in [3.05, 3.63) is 29.8 Å². The number of aliphatic hydroxyl groups is 3. The maximum Gasteiger partial charge on any atom is 0.511 e. The monoisotopic (exact) mass is 454 g/mol. The smallest absolute Gasteiger partial charge is 0.457 e. The van der Waals surface area contributed by atoms with Crippen LogP contribution < -0.4 is 4.74 Å². The van der Waals surface area contributed by atoms with Gasteiger partial charge in [-0.3, -0.25) is 0 Å². The van der Waals surface area contributed by atoms with E-state index in [-0.39, 0.29) is 20.0 Å². The zero-order valence-electron chi connectivity index (χ0n) is 12.7. The van der Waals surface area contributed by atoms with Crippen LogP contribution in [-0.4, -0.2) is 65.9 Å². The summed E-state index contributed by atoms with van der Waals surface area (Å²) < 4.78 is 20.8. The molecule has 1 aliphatic rings. The number of ether oxygens (including phenoxy) is 4. The average molecular weight is 454 g/mol. The Morgan fingerprint density at radius 1 is 1.17 bits per heavy atom. The molecule has 1 aromatic rings. The molecule has 0 spiro atoms. The van der Waals surface area contributed by atoms with Crippen molar-refractivity contribution < 1.29 is 39.1 Å². The summed E-state index contributed by atoms with van der Waals surface area (Å²) in [5, 5.41) is 28.5. The van der Waals surface area contributed by atoms with E-state index in [1.54, 1.807) is 12.1 Å². The molecule has 0 aromatic heterocycles. The van der Waals surface area contributed by atoms with Gasteiger partial charge in [-0.15, -0.1) is 0 Å². The SMILES string of the molecule is O=C(OCOc1ccc(CI)cc1)OC[C@H]1OC[C@H](O)[C@@H](O)[C@@H]1O. The summed E-state index contributed by atoms with van der Waals surface area (Å²) in [4.78, 5) is 11.5. The fraction of sp³-hybridized carbons (Fsp3) is 0.533. The molecule has 1 aromatic carbocycles. The second-order valence-electron chi connectivity index (χ2n) is 5.17. The molecule has 3 N–H and O–H groups in total. The van der Waals surface area contributed by atoms with Crippen molar-refractivity contribution in [3.8, 4) is 5.75 Å². The van der Waals surface area contributed by atoms with Crippen molar-refractivity contribution >= 4 is 28.7 Å². The number of halogens is 1. The zero-order chi connectivity index (χ0) is 17.5. The highest BCUT2D eigenvalue weighted by molar-refractivity contribution is 14.1. The van der Waals surface area contributed by atoms with E-state index in [0.29, 0.717) is 5.75 Å². The fourth-order valence-electron chi connectivity index (χ4n) is 2.03. The van der Waals surface area contributed by atoms with E-state index in [9.17, 15) is 20.1 Å². The lowest BCUT2D eigenvalue weighted by atomic mass is 10.0. The standard InChI is InChI=1S/C15H19IO8/c16-5-9-1-3-10(4-2-9)23-8-24-15(20)22-7-12-14(19)13(18)11(17)6-21-12/h1-4,11-14,17-19H,5-8H2/t11-,12+,13+,14+/m0/s1. The molecule has 4 atom stereocenters. The van der Waals surface area contributed by atoms with Crippen LogP contribution in [0.1, 0.15) is 5.56 Å². The number of hydrogen-bond donors (Lipinski definition) is 3. The van der Waals surface area contributed by atoms with Gasteiger partial charge in [0.1, 0.15) is 36.8 Å².